The number of carbonyl (C=O) groups is 1. The van der Waals surface area contributed by atoms with Crippen LogP contribution in [0, 0.1) is 0 Å². The number of likely N-dealkylation sites (N-methyl/N-ethyl adjacent to an activating group) is 1. The quantitative estimate of drug-likeness (QED) is 0.903. The molecule has 2 aromatic rings. The van der Waals surface area contributed by atoms with Crippen LogP contribution in [0.25, 0.3) is 0 Å². The molecule has 1 aliphatic rings. The third-order valence-corrected chi connectivity index (χ3v) is 3.93. The molecule has 22 heavy (non-hydrogen) atoms. The molecule has 5 nitrogen and oxygen atoms in total. The maximum atomic E-state index is 12.5. The first kappa shape index (κ1) is 16.5. The summed E-state index contributed by atoms with van der Waals surface area (Å²) >= 11 is 0. The van der Waals surface area contributed by atoms with Gasteiger partial charge in [0.2, 0.25) is 0 Å². The summed E-state index contributed by atoms with van der Waals surface area (Å²) in [5, 5.41) is 10.5. The standard InChI is InChI=1S/C16H20N4O.ClH/c1-20(10-8-12-5-3-2-4-6-12)16(21)15-13-11-17-9-7-14(13)18-19-15;/h2-6,17H,7-11H2,1H3,(H,18,19);1H. The van der Waals surface area contributed by atoms with Crippen LogP contribution < -0.4 is 5.32 Å². The van der Waals surface area contributed by atoms with Crippen LogP contribution in [0.2, 0.25) is 0 Å². The Kier molecular flexibility index (Phi) is 5.57. The fraction of sp³-hybridized carbons (Fsp3) is 0.375. The lowest BCUT2D eigenvalue weighted by atomic mass is 10.1. The van der Waals surface area contributed by atoms with Crippen molar-refractivity contribution in [2.45, 2.75) is 19.4 Å². The van der Waals surface area contributed by atoms with Crippen molar-refractivity contribution in [3.05, 3.63) is 52.8 Å². The highest BCUT2D eigenvalue weighted by molar-refractivity contribution is 5.93. The van der Waals surface area contributed by atoms with Gasteiger partial charge in [-0.25, -0.2) is 0 Å². The Balaban J connectivity index is 0.00000176. The van der Waals surface area contributed by atoms with Gasteiger partial charge in [-0.1, -0.05) is 30.3 Å². The first-order chi connectivity index (χ1) is 10.3. The molecule has 0 unspecified atom stereocenters. The van der Waals surface area contributed by atoms with E-state index in [1.165, 1.54) is 5.56 Å². The van der Waals surface area contributed by atoms with Gasteiger partial charge in [0, 0.05) is 44.4 Å². The molecular formula is C16H21ClN4O. The topological polar surface area (TPSA) is 61.0 Å². The predicted molar refractivity (Wildman–Crippen MR) is 88.4 cm³/mol. The Labute approximate surface area is 136 Å². The van der Waals surface area contributed by atoms with Gasteiger partial charge in [-0.2, -0.15) is 5.10 Å². The maximum Gasteiger partial charge on any atom is 0.274 e. The van der Waals surface area contributed by atoms with Gasteiger partial charge in [0.25, 0.3) is 5.91 Å². The fourth-order valence-electron chi connectivity index (χ4n) is 2.63. The lowest BCUT2D eigenvalue weighted by molar-refractivity contribution is 0.0789. The van der Waals surface area contributed by atoms with Crippen LogP contribution in [0.15, 0.2) is 30.3 Å². The molecule has 0 atom stereocenters. The molecule has 3 rings (SSSR count). The summed E-state index contributed by atoms with van der Waals surface area (Å²) in [6.07, 6.45) is 1.76. The van der Waals surface area contributed by atoms with Gasteiger partial charge < -0.3 is 10.2 Å². The summed E-state index contributed by atoms with van der Waals surface area (Å²) < 4.78 is 0. The molecule has 0 spiro atoms. The molecule has 2 N–H and O–H groups in total. The Hall–Kier alpha value is -1.85. The number of amides is 1. The van der Waals surface area contributed by atoms with E-state index in [1.807, 2.05) is 25.2 Å². The van der Waals surface area contributed by atoms with Crippen LogP contribution in [0.1, 0.15) is 27.3 Å². The van der Waals surface area contributed by atoms with Crippen molar-refractivity contribution < 1.29 is 4.79 Å². The third-order valence-electron chi connectivity index (χ3n) is 3.93. The van der Waals surface area contributed by atoms with Crippen LogP contribution in [-0.4, -0.2) is 41.1 Å². The molecule has 0 aliphatic carbocycles. The number of rotatable bonds is 4. The lowest BCUT2D eigenvalue weighted by Gasteiger charge is -2.18. The Morgan fingerprint density at radius 3 is 2.86 bits per heavy atom. The highest BCUT2D eigenvalue weighted by Gasteiger charge is 2.23. The van der Waals surface area contributed by atoms with Crippen molar-refractivity contribution in [2.75, 3.05) is 20.1 Å². The smallest absolute Gasteiger partial charge is 0.274 e. The number of halogens is 1. The number of hydrogen-bond acceptors (Lipinski definition) is 3. The number of fused-ring (bicyclic) bond motifs is 1. The second-order valence-corrected chi connectivity index (χ2v) is 5.42. The summed E-state index contributed by atoms with van der Waals surface area (Å²) in [5.74, 6) is -0.00729. The Morgan fingerprint density at radius 2 is 2.09 bits per heavy atom. The van der Waals surface area contributed by atoms with Crippen LogP contribution >= 0.6 is 12.4 Å². The van der Waals surface area contributed by atoms with Gasteiger partial charge in [-0.3, -0.25) is 9.89 Å². The van der Waals surface area contributed by atoms with Gasteiger partial charge in [0.05, 0.1) is 0 Å². The fourth-order valence-corrected chi connectivity index (χ4v) is 2.63. The van der Waals surface area contributed by atoms with E-state index in [0.29, 0.717) is 12.2 Å². The molecule has 0 saturated heterocycles. The summed E-state index contributed by atoms with van der Waals surface area (Å²) in [6.45, 7) is 2.35. The average Bonchev–Trinajstić information content (AvgIpc) is 2.97. The van der Waals surface area contributed by atoms with Crippen LogP contribution in [0.3, 0.4) is 0 Å². The zero-order chi connectivity index (χ0) is 14.7. The minimum Gasteiger partial charge on any atom is -0.340 e. The predicted octanol–water partition coefficient (Wildman–Crippen LogP) is 1.79. The second kappa shape index (κ2) is 7.42. The first-order valence-electron chi connectivity index (χ1n) is 7.32. The molecule has 0 fully saturated rings. The highest BCUT2D eigenvalue weighted by atomic mass is 35.5. The number of aromatic nitrogens is 2. The van der Waals surface area contributed by atoms with Crippen molar-refractivity contribution in [1.82, 2.24) is 20.4 Å². The monoisotopic (exact) mass is 320 g/mol. The molecule has 0 saturated carbocycles. The lowest BCUT2D eigenvalue weighted by Crippen LogP contribution is -2.31. The van der Waals surface area contributed by atoms with Crippen LogP contribution in [0.4, 0.5) is 0 Å². The number of aromatic amines is 1. The highest BCUT2D eigenvalue weighted by Crippen LogP contribution is 2.16. The average molecular weight is 321 g/mol. The van der Waals surface area contributed by atoms with Crippen LogP contribution in [0.5, 0.6) is 0 Å². The largest absolute Gasteiger partial charge is 0.340 e. The molecule has 0 radical (unpaired) electrons. The number of hydrogen-bond donors (Lipinski definition) is 2. The van der Waals surface area contributed by atoms with Crippen molar-refractivity contribution in [1.29, 1.82) is 0 Å². The van der Waals surface area contributed by atoms with Crippen molar-refractivity contribution in [3.8, 4) is 0 Å². The molecule has 2 heterocycles. The zero-order valence-electron chi connectivity index (χ0n) is 12.6. The van der Waals surface area contributed by atoms with E-state index < -0.39 is 0 Å². The van der Waals surface area contributed by atoms with Gasteiger partial charge in [0.1, 0.15) is 0 Å². The minimum atomic E-state index is -0.00729. The van der Waals surface area contributed by atoms with Gasteiger partial charge in [-0.15, -0.1) is 12.4 Å². The molecule has 118 valence electrons. The van der Waals surface area contributed by atoms with E-state index in [9.17, 15) is 4.79 Å². The number of nitrogens with zero attached hydrogens (tertiary/aromatic N) is 2. The zero-order valence-corrected chi connectivity index (χ0v) is 13.4. The first-order valence-corrected chi connectivity index (χ1v) is 7.32. The van der Waals surface area contributed by atoms with E-state index >= 15 is 0 Å². The van der Waals surface area contributed by atoms with E-state index in [2.05, 4.69) is 27.6 Å². The van der Waals surface area contributed by atoms with E-state index in [4.69, 9.17) is 0 Å². The number of H-pyrrole nitrogens is 1. The second-order valence-electron chi connectivity index (χ2n) is 5.42. The number of benzene rings is 1. The number of nitrogens with one attached hydrogen (secondary N) is 2. The van der Waals surface area contributed by atoms with E-state index in [1.54, 1.807) is 4.90 Å². The summed E-state index contributed by atoms with van der Waals surface area (Å²) in [7, 11) is 1.84. The third kappa shape index (κ3) is 3.48. The summed E-state index contributed by atoms with van der Waals surface area (Å²) in [4.78, 5) is 14.3. The SMILES string of the molecule is CN(CCc1ccccc1)C(=O)c1n[nH]c2c1CNCC2.Cl. The summed E-state index contributed by atoms with van der Waals surface area (Å²) in [6, 6.07) is 10.2. The van der Waals surface area contributed by atoms with Gasteiger partial charge in [-0.05, 0) is 12.0 Å². The maximum absolute atomic E-state index is 12.5. The Bertz CT molecular complexity index is 626. The molecular weight excluding hydrogens is 300 g/mol. The van der Waals surface area contributed by atoms with E-state index in [0.717, 1.165) is 37.2 Å². The van der Waals surface area contributed by atoms with Crippen molar-refractivity contribution in [3.63, 3.8) is 0 Å². The van der Waals surface area contributed by atoms with Gasteiger partial charge >= 0.3 is 0 Å². The number of carbonyl (C=O) groups excluding carboxylic acids is 1. The van der Waals surface area contributed by atoms with E-state index in [-0.39, 0.29) is 18.3 Å². The minimum absolute atomic E-state index is 0. The molecule has 6 heteroatoms. The molecule has 1 aromatic carbocycles. The molecule has 1 aliphatic heterocycles. The Morgan fingerprint density at radius 1 is 1.32 bits per heavy atom. The normalized spacial score (nSPS) is 13.1. The van der Waals surface area contributed by atoms with Crippen molar-refractivity contribution >= 4 is 18.3 Å². The van der Waals surface area contributed by atoms with Gasteiger partial charge in [0.15, 0.2) is 5.69 Å². The van der Waals surface area contributed by atoms with Crippen LogP contribution in [-0.2, 0) is 19.4 Å². The molecule has 1 aromatic heterocycles. The summed E-state index contributed by atoms with van der Waals surface area (Å²) in [5.41, 5.74) is 3.92. The molecule has 0 bridgehead atoms. The van der Waals surface area contributed by atoms with Crippen molar-refractivity contribution in [2.24, 2.45) is 0 Å². The molecule has 1 amide bonds.